The first-order valence-electron chi connectivity index (χ1n) is 16.1. The molecule has 6 rings (SSSR count). The molecule has 0 saturated carbocycles. The van der Waals surface area contributed by atoms with Gasteiger partial charge in [-0.2, -0.15) is 9.78 Å². The summed E-state index contributed by atoms with van der Waals surface area (Å²) in [4.78, 5) is 54.2. The molecular formula is C38H35N5O7. The minimum atomic E-state index is -2.15. The van der Waals surface area contributed by atoms with E-state index in [1.165, 1.54) is 32.7 Å². The first-order chi connectivity index (χ1) is 24.1. The zero-order chi connectivity index (χ0) is 35.4. The second-order valence-corrected chi connectivity index (χ2v) is 12.2. The number of anilines is 1. The molecule has 0 fully saturated rings. The molecule has 1 aliphatic heterocycles. The van der Waals surface area contributed by atoms with E-state index in [0.29, 0.717) is 28.9 Å². The van der Waals surface area contributed by atoms with Gasteiger partial charge in [-0.15, -0.1) is 0 Å². The van der Waals surface area contributed by atoms with Crippen LogP contribution in [-0.2, 0) is 28.3 Å². The highest BCUT2D eigenvalue weighted by molar-refractivity contribution is 6.07. The highest BCUT2D eigenvalue weighted by Gasteiger charge is 2.53. The van der Waals surface area contributed by atoms with Crippen LogP contribution in [0.1, 0.15) is 30.0 Å². The molecule has 2 heterocycles. The van der Waals surface area contributed by atoms with Gasteiger partial charge in [-0.25, -0.2) is 0 Å². The van der Waals surface area contributed by atoms with Crippen molar-refractivity contribution in [2.75, 3.05) is 18.1 Å². The van der Waals surface area contributed by atoms with Crippen LogP contribution >= 0.6 is 0 Å². The minimum Gasteiger partial charge on any atom is -0.395 e. The van der Waals surface area contributed by atoms with Gasteiger partial charge in [0.2, 0.25) is 5.91 Å². The molecule has 12 heteroatoms. The maximum Gasteiger partial charge on any atom is 0.279 e. The molecule has 2 atom stereocenters. The molecule has 5 aromatic rings. The third kappa shape index (κ3) is 6.53. The molecule has 0 aliphatic carbocycles. The normalized spacial score (nSPS) is 16.1. The number of aromatic nitrogens is 2. The Bertz CT molecular complexity index is 2150. The van der Waals surface area contributed by atoms with Crippen molar-refractivity contribution in [2.45, 2.75) is 32.0 Å². The zero-order valence-corrected chi connectivity index (χ0v) is 27.3. The van der Waals surface area contributed by atoms with Gasteiger partial charge in [0, 0.05) is 48.5 Å². The first kappa shape index (κ1) is 33.9. The molecule has 0 radical (unpaired) electrons. The lowest BCUT2D eigenvalue weighted by atomic mass is 9.82. The average molecular weight is 674 g/mol. The van der Waals surface area contributed by atoms with Crippen LogP contribution in [0.15, 0.2) is 120 Å². The smallest absolute Gasteiger partial charge is 0.279 e. The zero-order valence-electron chi connectivity index (χ0n) is 27.3. The number of rotatable bonds is 12. The lowest BCUT2D eigenvalue weighted by Crippen LogP contribution is -2.44. The number of hydrogen-bond acceptors (Lipinski definition) is 8. The predicted octanol–water partition coefficient (Wildman–Crippen LogP) is 4.63. The fraction of sp³-hybridized carbons (Fsp3) is 0.211. The molecule has 2 N–H and O–H groups in total. The molecule has 2 amide bonds. The van der Waals surface area contributed by atoms with Crippen LogP contribution in [0.2, 0.25) is 0 Å². The highest BCUT2D eigenvalue weighted by atomic mass is 16.6. The molecular weight excluding hydrogens is 638 g/mol. The SMILES string of the molecule is C[C@@H](/C=C/CC(=O)N(CCO)Cc1ccccc1)[C@]1(O)C(=O)N(Cc2ccc(-n3ncc4ccccc4c3=O)cc2)c2ccc([N+](=O)[O-])cc21. The molecule has 0 bridgehead atoms. The Labute approximate surface area is 287 Å². The molecule has 0 spiro atoms. The second-order valence-electron chi connectivity index (χ2n) is 12.2. The Hall–Kier alpha value is -5.98. The summed E-state index contributed by atoms with van der Waals surface area (Å²) in [5.41, 5.74) is -0.168. The van der Waals surface area contributed by atoms with Gasteiger partial charge in [0.25, 0.3) is 17.2 Å². The molecule has 12 nitrogen and oxygen atoms in total. The minimum absolute atomic E-state index is 0.0385. The van der Waals surface area contributed by atoms with Crippen molar-refractivity contribution in [3.8, 4) is 5.69 Å². The predicted molar refractivity (Wildman–Crippen MR) is 187 cm³/mol. The molecule has 254 valence electrons. The van der Waals surface area contributed by atoms with Crippen molar-refractivity contribution in [1.82, 2.24) is 14.7 Å². The fourth-order valence-electron chi connectivity index (χ4n) is 6.26. The van der Waals surface area contributed by atoms with Gasteiger partial charge in [0.05, 0.1) is 41.0 Å². The summed E-state index contributed by atoms with van der Waals surface area (Å²) >= 11 is 0. The van der Waals surface area contributed by atoms with Crippen LogP contribution in [0.25, 0.3) is 16.5 Å². The number of nitro groups is 1. The number of fused-ring (bicyclic) bond motifs is 2. The third-order valence-corrected chi connectivity index (χ3v) is 9.00. The Balaban J connectivity index is 1.23. The van der Waals surface area contributed by atoms with E-state index in [-0.39, 0.29) is 48.8 Å². The van der Waals surface area contributed by atoms with Crippen LogP contribution in [-0.4, -0.2) is 54.8 Å². The highest BCUT2D eigenvalue weighted by Crippen LogP contribution is 2.47. The quantitative estimate of drug-likeness (QED) is 0.110. The van der Waals surface area contributed by atoms with Crippen molar-refractivity contribution in [3.05, 3.63) is 153 Å². The van der Waals surface area contributed by atoms with E-state index >= 15 is 0 Å². The number of benzene rings is 4. The van der Waals surface area contributed by atoms with E-state index in [1.807, 2.05) is 42.5 Å². The first-order valence-corrected chi connectivity index (χ1v) is 16.1. The van der Waals surface area contributed by atoms with E-state index in [2.05, 4.69) is 5.10 Å². The van der Waals surface area contributed by atoms with Crippen LogP contribution in [0.5, 0.6) is 0 Å². The summed E-state index contributed by atoms with van der Waals surface area (Å²) < 4.78 is 1.30. The van der Waals surface area contributed by atoms with Crippen LogP contribution in [0.3, 0.4) is 0 Å². The second kappa shape index (κ2) is 14.2. The van der Waals surface area contributed by atoms with Gasteiger partial charge < -0.3 is 20.0 Å². The van der Waals surface area contributed by atoms with Gasteiger partial charge in [-0.05, 0) is 35.4 Å². The number of nitrogens with zero attached hydrogens (tertiary/aromatic N) is 5. The summed E-state index contributed by atoms with van der Waals surface area (Å²) in [7, 11) is 0. The topological polar surface area (TPSA) is 159 Å². The molecule has 4 aromatic carbocycles. The molecule has 0 saturated heterocycles. The Morgan fingerprint density at radius 3 is 2.44 bits per heavy atom. The van der Waals surface area contributed by atoms with Gasteiger partial charge >= 0.3 is 0 Å². The van der Waals surface area contributed by atoms with Gasteiger partial charge in [0.15, 0.2) is 5.60 Å². The number of aliphatic hydroxyl groups excluding tert-OH is 1. The summed E-state index contributed by atoms with van der Waals surface area (Å²) in [6.07, 6.45) is 4.69. The van der Waals surface area contributed by atoms with Gasteiger partial charge in [-0.3, -0.25) is 24.5 Å². The standard InChI is InChI=1S/C38H35N5O7/c1-26(8-7-13-35(45)40(20-21-44)24-27-9-3-2-4-10-27)38(48)33-22-31(43(49)50)18-19-34(33)41(37(38)47)25-28-14-16-30(17-15-28)42-36(46)32-12-6-5-11-29(32)23-39-42/h2-12,14-19,22-23,26,44,48H,13,20-21,24-25H2,1H3/b8-7+/t26-,38+/m0/s1. The van der Waals surface area contributed by atoms with Crippen LogP contribution in [0.4, 0.5) is 11.4 Å². The van der Waals surface area contributed by atoms with E-state index < -0.39 is 22.3 Å². The van der Waals surface area contributed by atoms with Crippen LogP contribution < -0.4 is 10.5 Å². The van der Waals surface area contributed by atoms with Crippen molar-refractivity contribution in [2.24, 2.45) is 5.92 Å². The number of carbonyl (C=O) groups is 2. The Morgan fingerprint density at radius 1 is 1.00 bits per heavy atom. The maximum atomic E-state index is 14.1. The molecule has 50 heavy (non-hydrogen) atoms. The average Bonchev–Trinajstić information content (AvgIpc) is 3.34. The van der Waals surface area contributed by atoms with E-state index in [1.54, 1.807) is 61.7 Å². The molecule has 0 unspecified atom stereocenters. The van der Waals surface area contributed by atoms with Gasteiger partial charge in [-0.1, -0.05) is 79.7 Å². The van der Waals surface area contributed by atoms with Crippen molar-refractivity contribution in [1.29, 1.82) is 0 Å². The Morgan fingerprint density at radius 2 is 1.72 bits per heavy atom. The number of aliphatic hydroxyl groups is 2. The molecule has 1 aromatic heterocycles. The van der Waals surface area contributed by atoms with Gasteiger partial charge in [0.1, 0.15) is 0 Å². The van der Waals surface area contributed by atoms with Crippen molar-refractivity contribution < 1.29 is 24.7 Å². The van der Waals surface area contributed by atoms with Crippen LogP contribution in [0, 0.1) is 16.0 Å². The van der Waals surface area contributed by atoms with Crippen molar-refractivity contribution >= 4 is 34.0 Å². The summed E-state index contributed by atoms with van der Waals surface area (Å²) in [6.45, 7) is 1.90. The Kier molecular flexibility index (Phi) is 9.66. The van der Waals surface area contributed by atoms with E-state index in [9.17, 15) is 34.7 Å². The number of carbonyl (C=O) groups excluding carboxylic acids is 2. The number of nitro benzene ring substituents is 1. The maximum absolute atomic E-state index is 14.1. The summed E-state index contributed by atoms with van der Waals surface area (Å²) in [6, 6.07) is 27.4. The lowest BCUT2D eigenvalue weighted by molar-refractivity contribution is -0.385. The number of amides is 2. The summed E-state index contributed by atoms with van der Waals surface area (Å²) in [5.74, 6) is -1.79. The number of non-ortho nitro benzene ring substituents is 1. The third-order valence-electron chi connectivity index (χ3n) is 9.00. The van der Waals surface area contributed by atoms with Crippen molar-refractivity contribution in [3.63, 3.8) is 0 Å². The monoisotopic (exact) mass is 673 g/mol. The molecule has 1 aliphatic rings. The summed E-state index contributed by atoms with van der Waals surface area (Å²) in [5, 5.41) is 38.8. The number of hydrogen-bond donors (Lipinski definition) is 2. The fourth-order valence-corrected chi connectivity index (χ4v) is 6.26. The largest absolute Gasteiger partial charge is 0.395 e. The van der Waals surface area contributed by atoms with E-state index in [0.717, 1.165) is 10.9 Å². The van der Waals surface area contributed by atoms with E-state index in [4.69, 9.17) is 0 Å². The lowest BCUT2D eigenvalue weighted by Gasteiger charge is -2.27.